The van der Waals surface area contributed by atoms with Crippen LogP contribution in [0.25, 0.3) is 0 Å². The molecule has 0 bridgehead atoms. The Kier molecular flexibility index (Phi) is 6.28. The van der Waals surface area contributed by atoms with Crippen LogP contribution in [0.1, 0.15) is 39.5 Å². The van der Waals surface area contributed by atoms with Gasteiger partial charge in [0.2, 0.25) is 11.8 Å². The molecule has 0 aromatic heterocycles. The third kappa shape index (κ3) is 4.20. The Labute approximate surface area is 116 Å². The van der Waals surface area contributed by atoms with E-state index in [-0.39, 0.29) is 23.9 Å². The highest BCUT2D eigenvalue weighted by atomic mass is 16.2. The van der Waals surface area contributed by atoms with Gasteiger partial charge in [0.25, 0.3) is 0 Å². The minimum absolute atomic E-state index is 0.00144. The van der Waals surface area contributed by atoms with Crippen molar-refractivity contribution in [3.63, 3.8) is 0 Å². The molecule has 2 amide bonds. The van der Waals surface area contributed by atoms with Crippen molar-refractivity contribution in [3.05, 3.63) is 0 Å². The van der Waals surface area contributed by atoms with Crippen molar-refractivity contribution in [3.8, 4) is 0 Å². The molecule has 0 aromatic carbocycles. The summed E-state index contributed by atoms with van der Waals surface area (Å²) in [6, 6.07) is -0.612. The molecule has 1 fully saturated rings. The van der Waals surface area contributed by atoms with Crippen molar-refractivity contribution >= 4 is 11.8 Å². The maximum atomic E-state index is 12.3. The molecule has 5 heteroatoms. The minimum atomic E-state index is -0.329. The number of rotatable bonds is 7. The predicted molar refractivity (Wildman–Crippen MR) is 75.8 cm³/mol. The fourth-order valence-corrected chi connectivity index (χ4v) is 2.48. The van der Waals surface area contributed by atoms with Gasteiger partial charge in [0.05, 0.1) is 0 Å². The van der Waals surface area contributed by atoms with Crippen LogP contribution in [-0.2, 0) is 9.59 Å². The Balaban J connectivity index is 2.58. The number of piperazine rings is 1. The van der Waals surface area contributed by atoms with Gasteiger partial charge in [-0.1, -0.05) is 13.8 Å². The van der Waals surface area contributed by atoms with Gasteiger partial charge in [-0.25, -0.2) is 0 Å². The molecule has 0 aliphatic carbocycles. The summed E-state index contributed by atoms with van der Waals surface area (Å²) in [5.41, 5.74) is 0. The molecule has 110 valence electrons. The summed E-state index contributed by atoms with van der Waals surface area (Å²) in [6.07, 6.45) is 3.34. The highest BCUT2D eigenvalue weighted by Crippen LogP contribution is 2.15. The van der Waals surface area contributed by atoms with Crippen LogP contribution in [0.5, 0.6) is 0 Å². The lowest BCUT2D eigenvalue weighted by atomic mass is 10.0. The Morgan fingerprint density at radius 2 is 1.84 bits per heavy atom. The topological polar surface area (TPSA) is 52.7 Å². The first kappa shape index (κ1) is 16.0. The maximum Gasteiger partial charge on any atom is 0.245 e. The van der Waals surface area contributed by atoms with Crippen LogP contribution in [0.4, 0.5) is 0 Å². The first-order valence-corrected chi connectivity index (χ1v) is 7.26. The highest BCUT2D eigenvalue weighted by Gasteiger charge is 2.38. The molecule has 1 aliphatic rings. The van der Waals surface area contributed by atoms with Crippen LogP contribution in [0.2, 0.25) is 0 Å². The molecule has 1 saturated heterocycles. The molecule has 2 unspecified atom stereocenters. The Morgan fingerprint density at radius 1 is 1.16 bits per heavy atom. The standard InChI is InChI=1S/C14H27N3O2/c1-5-11-14(19)17(10-8-7-9-16(3)4)12(6-2)13(18)15-11/h11-12H,5-10H2,1-4H3,(H,15,18). The second kappa shape index (κ2) is 7.48. The molecule has 0 aromatic rings. The van der Waals surface area contributed by atoms with E-state index in [1.54, 1.807) is 4.90 Å². The van der Waals surface area contributed by atoms with Crippen molar-refractivity contribution in [2.75, 3.05) is 27.2 Å². The molecule has 0 radical (unpaired) electrons. The second-order valence-electron chi connectivity index (χ2n) is 5.44. The summed E-state index contributed by atoms with van der Waals surface area (Å²) in [4.78, 5) is 28.2. The van der Waals surface area contributed by atoms with E-state index in [0.29, 0.717) is 19.4 Å². The van der Waals surface area contributed by atoms with E-state index in [1.165, 1.54) is 0 Å². The third-order valence-corrected chi connectivity index (χ3v) is 3.63. The first-order chi connectivity index (χ1) is 9.01. The highest BCUT2D eigenvalue weighted by molar-refractivity contribution is 5.96. The van der Waals surface area contributed by atoms with Gasteiger partial charge in [-0.2, -0.15) is 0 Å². The molecule has 1 heterocycles. The quantitative estimate of drug-likeness (QED) is 0.697. The van der Waals surface area contributed by atoms with Crippen LogP contribution >= 0.6 is 0 Å². The van der Waals surface area contributed by atoms with Crippen LogP contribution in [0.3, 0.4) is 0 Å². The third-order valence-electron chi connectivity index (χ3n) is 3.63. The molecule has 0 saturated carbocycles. The summed E-state index contributed by atoms with van der Waals surface area (Å²) < 4.78 is 0. The number of nitrogens with zero attached hydrogens (tertiary/aromatic N) is 2. The molecule has 5 nitrogen and oxygen atoms in total. The summed E-state index contributed by atoms with van der Waals surface area (Å²) in [5, 5.41) is 2.82. The van der Waals surface area contributed by atoms with Crippen molar-refractivity contribution in [1.29, 1.82) is 0 Å². The van der Waals surface area contributed by atoms with Crippen LogP contribution in [-0.4, -0.2) is 60.9 Å². The molecule has 0 spiro atoms. The molecule has 1 aliphatic heterocycles. The number of hydrogen-bond donors (Lipinski definition) is 1. The number of nitrogens with one attached hydrogen (secondary N) is 1. The largest absolute Gasteiger partial charge is 0.343 e. The zero-order valence-corrected chi connectivity index (χ0v) is 12.6. The van der Waals surface area contributed by atoms with Crippen LogP contribution < -0.4 is 5.32 Å². The summed E-state index contributed by atoms with van der Waals surface area (Å²) in [5.74, 6) is 0.0837. The fraction of sp³-hybridized carbons (Fsp3) is 0.857. The lowest BCUT2D eigenvalue weighted by Gasteiger charge is -2.38. The average Bonchev–Trinajstić information content (AvgIpc) is 2.37. The van der Waals surface area contributed by atoms with Crippen molar-refractivity contribution in [2.24, 2.45) is 0 Å². The first-order valence-electron chi connectivity index (χ1n) is 7.26. The zero-order chi connectivity index (χ0) is 14.4. The van der Waals surface area contributed by atoms with E-state index in [4.69, 9.17) is 0 Å². The van der Waals surface area contributed by atoms with Gasteiger partial charge in [0.15, 0.2) is 0 Å². The van der Waals surface area contributed by atoms with Gasteiger partial charge in [0.1, 0.15) is 12.1 Å². The monoisotopic (exact) mass is 269 g/mol. The van der Waals surface area contributed by atoms with Crippen LogP contribution in [0.15, 0.2) is 0 Å². The summed E-state index contributed by atoms with van der Waals surface area (Å²) in [7, 11) is 4.09. The van der Waals surface area contributed by atoms with Crippen molar-refractivity contribution in [1.82, 2.24) is 15.1 Å². The van der Waals surface area contributed by atoms with E-state index in [2.05, 4.69) is 10.2 Å². The number of carbonyl (C=O) groups is 2. The Hall–Kier alpha value is -1.10. The fourth-order valence-electron chi connectivity index (χ4n) is 2.48. The normalized spacial score (nSPS) is 23.9. The SMILES string of the molecule is CCC1NC(=O)C(CC)N(CCCCN(C)C)C1=O. The van der Waals surface area contributed by atoms with Gasteiger partial charge < -0.3 is 15.1 Å². The molecular formula is C14H27N3O2. The Bertz CT molecular complexity index is 318. The number of hydrogen-bond acceptors (Lipinski definition) is 3. The van der Waals surface area contributed by atoms with Crippen LogP contribution in [0, 0.1) is 0 Å². The maximum absolute atomic E-state index is 12.3. The van der Waals surface area contributed by atoms with Gasteiger partial charge in [0, 0.05) is 6.54 Å². The molecule has 19 heavy (non-hydrogen) atoms. The molecule has 2 atom stereocenters. The summed E-state index contributed by atoms with van der Waals surface area (Å²) >= 11 is 0. The predicted octanol–water partition coefficient (Wildman–Crippen LogP) is 0.844. The number of carbonyl (C=O) groups excluding carboxylic acids is 2. The number of amides is 2. The smallest absolute Gasteiger partial charge is 0.245 e. The zero-order valence-electron chi connectivity index (χ0n) is 12.6. The van der Waals surface area contributed by atoms with E-state index >= 15 is 0 Å². The van der Waals surface area contributed by atoms with Gasteiger partial charge >= 0.3 is 0 Å². The van der Waals surface area contributed by atoms with Gasteiger partial charge in [-0.3, -0.25) is 9.59 Å². The molecule has 1 rings (SSSR count). The second-order valence-corrected chi connectivity index (χ2v) is 5.44. The minimum Gasteiger partial charge on any atom is -0.343 e. The number of unbranched alkanes of at least 4 members (excludes halogenated alkanes) is 1. The van der Waals surface area contributed by atoms with E-state index in [1.807, 2.05) is 27.9 Å². The van der Waals surface area contributed by atoms with E-state index in [9.17, 15) is 9.59 Å². The van der Waals surface area contributed by atoms with Gasteiger partial charge in [-0.05, 0) is 46.3 Å². The van der Waals surface area contributed by atoms with E-state index < -0.39 is 0 Å². The van der Waals surface area contributed by atoms with Crippen molar-refractivity contribution < 1.29 is 9.59 Å². The molecule has 1 N–H and O–H groups in total. The Morgan fingerprint density at radius 3 is 2.37 bits per heavy atom. The molecular weight excluding hydrogens is 242 g/mol. The lowest BCUT2D eigenvalue weighted by molar-refractivity contribution is -0.149. The van der Waals surface area contributed by atoms with Crippen molar-refractivity contribution in [2.45, 2.75) is 51.6 Å². The van der Waals surface area contributed by atoms with Gasteiger partial charge in [-0.15, -0.1) is 0 Å². The summed E-state index contributed by atoms with van der Waals surface area (Å²) in [6.45, 7) is 5.59. The van der Waals surface area contributed by atoms with E-state index in [0.717, 1.165) is 19.4 Å². The lowest BCUT2D eigenvalue weighted by Crippen LogP contribution is -2.63. The average molecular weight is 269 g/mol.